The third-order valence-corrected chi connectivity index (χ3v) is 11.6. The second-order valence-electron chi connectivity index (χ2n) is 17.1. The summed E-state index contributed by atoms with van der Waals surface area (Å²) >= 11 is 0. The van der Waals surface area contributed by atoms with E-state index in [0.29, 0.717) is 13.1 Å². The van der Waals surface area contributed by atoms with Gasteiger partial charge in [-0.05, 0) is 93.7 Å². The Morgan fingerprint density at radius 1 is 0.373 bits per heavy atom. The van der Waals surface area contributed by atoms with Gasteiger partial charge in [0.15, 0.2) is 0 Å². The molecule has 8 heteroatoms. The van der Waals surface area contributed by atoms with E-state index in [2.05, 4.69) is 83.0 Å². The van der Waals surface area contributed by atoms with Gasteiger partial charge in [0.1, 0.15) is 0 Å². The van der Waals surface area contributed by atoms with Crippen molar-refractivity contribution in [1.82, 2.24) is 20.4 Å². The molecule has 0 bridgehead atoms. The second kappa shape index (κ2) is 36.7. The van der Waals surface area contributed by atoms with Crippen LogP contribution in [-0.4, -0.2) is 74.2 Å². The zero-order valence-electron chi connectivity index (χ0n) is 38.7. The highest BCUT2D eigenvalue weighted by Gasteiger charge is 2.10. The minimum atomic E-state index is -0.150. The molecule has 0 fully saturated rings. The number of anilines is 2. The zero-order valence-corrected chi connectivity index (χ0v) is 38.7. The summed E-state index contributed by atoms with van der Waals surface area (Å²) in [7, 11) is 0. The number of amides is 4. The Bertz CT molecular complexity index is 1140. The molecule has 0 saturated carbocycles. The van der Waals surface area contributed by atoms with Crippen molar-refractivity contribution < 1.29 is 9.59 Å². The fourth-order valence-electron chi connectivity index (χ4n) is 7.79. The van der Waals surface area contributed by atoms with Gasteiger partial charge in [-0.25, -0.2) is 9.59 Å². The second-order valence-corrected chi connectivity index (χ2v) is 17.1. The summed E-state index contributed by atoms with van der Waals surface area (Å²) in [5, 5.41) is 12.2. The Kier molecular flexibility index (Phi) is 32.4. The SMILES string of the molecule is CCCCCCCCN(CCCCCCCC)CCNC(=O)Nc1ccc(Cc2ccc(NC(=O)NCCN(CCCCCCCC)CCCCCCCC)cc2)cc1. The maximum Gasteiger partial charge on any atom is 0.319 e. The lowest BCUT2D eigenvalue weighted by molar-refractivity contribution is 0.241. The Morgan fingerprint density at radius 3 is 0.932 bits per heavy atom. The van der Waals surface area contributed by atoms with Crippen molar-refractivity contribution in [2.45, 2.75) is 188 Å². The standard InChI is InChI=1S/C51H90N6O2/c1-5-9-13-17-21-25-39-56(40-26-22-18-14-10-6-2)43-37-52-50(58)54-48-33-29-46(30-34-48)45-47-31-35-49(36-32-47)55-51(59)53-38-44-57(41-27-23-19-15-11-7-3)42-28-24-20-16-12-8-4/h29-36H,5-28,37-45H2,1-4H3,(H2,52,54,58)(H2,53,55,59). The van der Waals surface area contributed by atoms with E-state index in [1.165, 1.54) is 165 Å². The van der Waals surface area contributed by atoms with Crippen LogP contribution in [0.2, 0.25) is 0 Å². The third kappa shape index (κ3) is 28.9. The van der Waals surface area contributed by atoms with Crippen LogP contribution in [0.4, 0.5) is 21.0 Å². The summed E-state index contributed by atoms with van der Waals surface area (Å²) in [6.07, 6.45) is 32.2. The van der Waals surface area contributed by atoms with Crippen LogP contribution >= 0.6 is 0 Å². The zero-order chi connectivity index (χ0) is 42.4. The summed E-state index contributed by atoms with van der Waals surface area (Å²) in [5.41, 5.74) is 3.92. The maximum atomic E-state index is 12.8. The predicted octanol–water partition coefficient (Wildman–Crippen LogP) is 13.6. The molecule has 0 aromatic heterocycles. The molecular formula is C51H90N6O2. The summed E-state index contributed by atoms with van der Waals surface area (Å²) in [5.74, 6) is 0. The molecule has 8 nitrogen and oxygen atoms in total. The smallest absolute Gasteiger partial charge is 0.319 e. The van der Waals surface area contributed by atoms with Crippen LogP contribution in [0.25, 0.3) is 0 Å². The number of carbonyl (C=O) groups excluding carboxylic acids is 2. The summed E-state index contributed by atoms with van der Waals surface area (Å²) < 4.78 is 0. The van der Waals surface area contributed by atoms with Gasteiger partial charge >= 0.3 is 12.1 Å². The molecule has 4 amide bonds. The Labute approximate surface area is 363 Å². The van der Waals surface area contributed by atoms with Crippen molar-refractivity contribution in [2.75, 3.05) is 63.0 Å². The van der Waals surface area contributed by atoms with Gasteiger partial charge in [0, 0.05) is 37.6 Å². The molecule has 0 radical (unpaired) electrons. The minimum Gasteiger partial charge on any atom is -0.337 e. The first-order chi connectivity index (χ1) is 29.0. The lowest BCUT2D eigenvalue weighted by atomic mass is 10.0. The van der Waals surface area contributed by atoms with Crippen molar-refractivity contribution >= 4 is 23.4 Å². The molecule has 0 aliphatic carbocycles. The van der Waals surface area contributed by atoms with Crippen LogP contribution in [0.5, 0.6) is 0 Å². The number of rotatable bonds is 38. The van der Waals surface area contributed by atoms with Gasteiger partial charge < -0.3 is 31.1 Å². The molecule has 2 aromatic carbocycles. The number of unbranched alkanes of at least 4 members (excludes halogenated alkanes) is 20. The highest BCUT2D eigenvalue weighted by Crippen LogP contribution is 2.17. The number of hydrogen-bond donors (Lipinski definition) is 4. The van der Waals surface area contributed by atoms with Gasteiger partial charge in [0.05, 0.1) is 0 Å². The first-order valence-corrected chi connectivity index (χ1v) is 24.7. The molecule has 0 saturated heterocycles. The van der Waals surface area contributed by atoms with Crippen molar-refractivity contribution in [2.24, 2.45) is 0 Å². The molecule has 0 aliphatic rings. The molecule has 336 valence electrons. The van der Waals surface area contributed by atoms with E-state index in [1.54, 1.807) is 0 Å². The Balaban J connectivity index is 1.72. The molecule has 2 aromatic rings. The molecular weight excluding hydrogens is 729 g/mol. The Morgan fingerprint density at radius 2 is 0.644 bits per heavy atom. The van der Waals surface area contributed by atoms with Crippen LogP contribution in [-0.2, 0) is 6.42 Å². The molecule has 59 heavy (non-hydrogen) atoms. The highest BCUT2D eigenvalue weighted by molar-refractivity contribution is 5.89. The number of nitrogens with one attached hydrogen (secondary N) is 4. The van der Waals surface area contributed by atoms with Crippen LogP contribution in [0.3, 0.4) is 0 Å². The van der Waals surface area contributed by atoms with Crippen LogP contribution in [0.1, 0.15) is 193 Å². The molecule has 0 unspecified atom stereocenters. The fraction of sp³-hybridized carbons (Fsp3) is 0.725. The van der Waals surface area contributed by atoms with Gasteiger partial charge in [-0.3, -0.25) is 0 Å². The number of carbonyl (C=O) groups is 2. The van der Waals surface area contributed by atoms with Crippen molar-refractivity contribution in [3.63, 3.8) is 0 Å². The predicted molar refractivity (Wildman–Crippen MR) is 256 cm³/mol. The lowest BCUT2D eigenvalue weighted by Crippen LogP contribution is -2.37. The molecule has 4 N–H and O–H groups in total. The number of urea groups is 2. The first kappa shape index (κ1) is 52.0. The van der Waals surface area contributed by atoms with Gasteiger partial charge in [0.25, 0.3) is 0 Å². The number of hydrogen-bond acceptors (Lipinski definition) is 4. The topological polar surface area (TPSA) is 88.7 Å². The molecule has 0 aliphatic heterocycles. The van der Waals surface area contributed by atoms with Crippen LogP contribution in [0.15, 0.2) is 48.5 Å². The summed E-state index contributed by atoms with van der Waals surface area (Å²) in [6.45, 7) is 16.7. The van der Waals surface area contributed by atoms with Gasteiger partial charge in [0.2, 0.25) is 0 Å². The fourth-order valence-corrected chi connectivity index (χ4v) is 7.79. The minimum absolute atomic E-state index is 0.150. The van der Waals surface area contributed by atoms with Crippen molar-refractivity contribution in [3.05, 3.63) is 59.7 Å². The summed E-state index contributed by atoms with van der Waals surface area (Å²) in [4.78, 5) is 30.6. The normalized spacial score (nSPS) is 11.4. The van der Waals surface area contributed by atoms with E-state index < -0.39 is 0 Å². The molecule has 2 rings (SSSR count). The van der Waals surface area contributed by atoms with E-state index in [1.807, 2.05) is 24.3 Å². The van der Waals surface area contributed by atoms with Gasteiger partial charge in [-0.15, -0.1) is 0 Å². The largest absolute Gasteiger partial charge is 0.337 e. The van der Waals surface area contributed by atoms with E-state index >= 15 is 0 Å². The molecule has 0 spiro atoms. The van der Waals surface area contributed by atoms with Gasteiger partial charge in [-0.2, -0.15) is 0 Å². The number of benzene rings is 2. The van der Waals surface area contributed by atoms with E-state index in [9.17, 15) is 9.59 Å². The van der Waals surface area contributed by atoms with Crippen molar-refractivity contribution in [3.8, 4) is 0 Å². The van der Waals surface area contributed by atoms with E-state index in [4.69, 9.17) is 0 Å². The van der Waals surface area contributed by atoms with Crippen molar-refractivity contribution in [1.29, 1.82) is 0 Å². The van der Waals surface area contributed by atoms with E-state index in [0.717, 1.165) is 57.1 Å². The van der Waals surface area contributed by atoms with E-state index in [-0.39, 0.29) is 12.1 Å². The Hall–Kier alpha value is -3.10. The average molecular weight is 819 g/mol. The quantitative estimate of drug-likeness (QED) is 0.0508. The highest BCUT2D eigenvalue weighted by atomic mass is 16.2. The van der Waals surface area contributed by atoms with Gasteiger partial charge in [-0.1, -0.05) is 180 Å². The summed E-state index contributed by atoms with van der Waals surface area (Å²) in [6, 6.07) is 15.9. The monoisotopic (exact) mass is 819 g/mol. The molecule has 0 heterocycles. The first-order valence-electron chi connectivity index (χ1n) is 24.7. The van der Waals surface area contributed by atoms with Crippen LogP contribution in [0, 0.1) is 0 Å². The number of nitrogens with zero attached hydrogens (tertiary/aromatic N) is 2. The third-order valence-electron chi connectivity index (χ3n) is 11.6. The maximum absolute atomic E-state index is 12.8. The van der Waals surface area contributed by atoms with Crippen LogP contribution < -0.4 is 21.3 Å². The average Bonchev–Trinajstić information content (AvgIpc) is 3.23. The molecule has 0 atom stereocenters. The lowest BCUT2D eigenvalue weighted by Gasteiger charge is -2.22.